The molecule has 196 valence electrons. The average Bonchev–Trinajstić information content (AvgIpc) is 3.65. The van der Waals surface area contributed by atoms with Crippen molar-refractivity contribution in [1.29, 1.82) is 0 Å². The van der Waals surface area contributed by atoms with E-state index in [4.69, 9.17) is 20.4 Å². The van der Waals surface area contributed by atoms with Crippen LogP contribution in [-0.2, 0) is 18.2 Å². The van der Waals surface area contributed by atoms with E-state index in [0.717, 1.165) is 71.7 Å². The number of nitrogens with zero attached hydrogens (tertiary/aromatic N) is 6. The Labute approximate surface area is 227 Å². The summed E-state index contributed by atoms with van der Waals surface area (Å²) in [5.41, 5.74) is 14.6. The van der Waals surface area contributed by atoms with Crippen molar-refractivity contribution in [3.8, 4) is 23.0 Å². The highest BCUT2D eigenvalue weighted by atomic mass is 16.5. The standard InChI is InChI=1S/C31H31N7O/c1-36-20-26(23-6-3-11-33-28(23)36)25-19-35-30(38-15-12-34-29(25)38)37-13-9-31(10-14-37)18-22-8-7-21(5-4-16-39-2)17-24(22)27(31)32/h3,6-8,11-12,15,17,19-20,27H,9-10,13-14,16,18,32H2,1-2H3/t27-/m1/s1. The zero-order valence-electron chi connectivity index (χ0n) is 22.3. The Morgan fingerprint density at radius 3 is 2.77 bits per heavy atom. The molecular weight excluding hydrogens is 486 g/mol. The van der Waals surface area contributed by atoms with Crippen LogP contribution < -0.4 is 10.6 Å². The number of ether oxygens (including phenoxy) is 1. The number of piperidine rings is 1. The lowest BCUT2D eigenvalue weighted by Gasteiger charge is -2.42. The first-order chi connectivity index (χ1) is 19.1. The molecule has 1 atom stereocenters. The van der Waals surface area contributed by atoms with E-state index in [0.29, 0.717) is 6.61 Å². The van der Waals surface area contributed by atoms with Crippen molar-refractivity contribution in [1.82, 2.24) is 23.9 Å². The van der Waals surface area contributed by atoms with Crippen LogP contribution in [0.2, 0.25) is 0 Å². The number of pyridine rings is 1. The van der Waals surface area contributed by atoms with E-state index >= 15 is 0 Å². The molecule has 1 aromatic carbocycles. The third kappa shape index (κ3) is 3.81. The van der Waals surface area contributed by atoms with Gasteiger partial charge in [-0.1, -0.05) is 17.9 Å². The first-order valence-corrected chi connectivity index (χ1v) is 13.4. The molecule has 39 heavy (non-hydrogen) atoms. The minimum absolute atomic E-state index is 0.0161. The number of rotatable bonds is 3. The summed E-state index contributed by atoms with van der Waals surface area (Å²) in [6.07, 6.45) is 12.8. The van der Waals surface area contributed by atoms with Crippen LogP contribution in [0.3, 0.4) is 0 Å². The van der Waals surface area contributed by atoms with Gasteiger partial charge in [0.1, 0.15) is 17.9 Å². The molecule has 0 bridgehead atoms. The zero-order chi connectivity index (χ0) is 26.6. The Balaban J connectivity index is 1.15. The van der Waals surface area contributed by atoms with E-state index in [-0.39, 0.29) is 11.5 Å². The number of fused-ring (bicyclic) bond motifs is 3. The van der Waals surface area contributed by atoms with Crippen molar-refractivity contribution >= 4 is 22.6 Å². The molecule has 1 fully saturated rings. The molecule has 4 aromatic heterocycles. The quantitative estimate of drug-likeness (QED) is 0.362. The Kier molecular flexibility index (Phi) is 5.65. The molecule has 8 nitrogen and oxygen atoms in total. The van der Waals surface area contributed by atoms with Crippen LogP contribution in [0.5, 0.6) is 0 Å². The first-order valence-electron chi connectivity index (χ1n) is 13.4. The maximum Gasteiger partial charge on any atom is 0.211 e. The minimum Gasteiger partial charge on any atom is -0.372 e. The monoisotopic (exact) mass is 517 g/mol. The largest absolute Gasteiger partial charge is 0.372 e. The molecule has 8 heteroatoms. The van der Waals surface area contributed by atoms with Gasteiger partial charge in [0.25, 0.3) is 0 Å². The molecule has 2 N–H and O–H groups in total. The molecule has 1 spiro atoms. The van der Waals surface area contributed by atoms with E-state index < -0.39 is 0 Å². The second kappa shape index (κ2) is 9.23. The number of benzene rings is 1. The van der Waals surface area contributed by atoms with Gasteiger partial charge in [-0.05, 0) is 60.1 Å². The Bertz CT molecular complexity index is 1760. The summed E-state index contributed by atoms with van der Waals surface area (Å²) in [6, 6.07) is 10.6. The van der Waals surface area contributed by atoms with E-state index in [1.54, 1.807) is 7.11 Å². The third-order valence-electron chi connectivity index (χ3n) is 8.60. The maximum absolute atomic E-state index is 6.94. The van der Waals surface area contributed by atoms with Gasteiger partial charge in [0.05, 0.1) is 0 Å². The molecule has 7 rings (SSSR count). The predicted octanol–water partition coefficient (Wildman–Crippen LogP) is 4.12. The van der Waals surface area contributed by atoms with E-state index in [2.05, 4.69) is 61.2 Å². The number of methoxy groups -OCH3 is 1. The fraction of sp³-hybridized carbons (Fsp3) is 0.323. The van der Waals surface area contributed by atoms with Gasteiger partial charge >= 0.3 is 0 Å². The van der Waals surface area contributed by atoms with Gasteiger partial charge in [-0.15, -0.1) is 0 Å². The van der Waals surface area contributed by atoms with Gasteiger partial charge in [0.15, 0.2) is 0 Å². The highest BCUT2D eigenvalue weighted by Gasteiger charge is 2.46. The first kappa shape index (κ1) is 23.9. The highest BCUT2D eigenvalue weighted by Crippen LogP contribution is 2.51. The van der Waals surface area contributed by atoms with Crippen molar-refractivity contribution in [2.45, 2.75) is 25.3 Å². The van der Waals surface area contributed by atoms with Gasteiger partial charge in [-0.3, -0.25) is 4.40 Å². The fourth-order valence-electron chi connectivity index (χ4n) is 6.55. The second-order valence-electron chi connectivity index (χ2n) is 10.8. The molecule has 1 aliphatic carbocycles. The lowest BCUT2D eigenvalue weighted by molar-refractivity contribution is 0.187. The maximum atomic E-state index is 6.94. The molecule has 1 aliphatic heterocycles. The van der Waals surface area contributed by atoms with Crippen molar-refractivity contribution in [2.24, 2.45) is 18.2 Å². The smallest absolute Gasteiger partial charge is 0.211 e. The van der Waals surface area contributed by atoms with Crippen LogP contribution in [0.4, 0.5) is 5.95 Å². The predicted molar refractivity (Wildman–Crippen MR) is 152 cm³/mol. The van der Waals surface area contributed by atoms with Gasteiger partial charge in [0.2, 0.25) is 5.95 Å². The number of imidazole rings is 1. The summed E-state index contributed by atoms with van der Waals surface area (Å²) in [7, 11) is 3.68. The van der Waals surface area contributed by atoms with Crippen LogP contribution in [0, 0.1) is 17.3 Å². The summed E-state index contributed by atoms with van der Waals surface area (Å²) >= 11 is 0. The van der Waals surface area contributed by atoms with Crippen LogP contribution in [-0.4, -0.2) is 50.7 Å². The molecule has 0 amide bonds. The Hall–Kier alpha value is -4.19. The van der Waals surface area contributed by atoms with Crippen LogP contribution in [0.25, 0.3) is 27.8 Å². The molecule has 0 radical (unpaired) electrons. The topological polar surface area (TPSA) is 86.5 Å². The number of aryl methyl sites for hydroxylation is 1. The van der Waals surface area contributed by atoms with Gasteiger partial charge in [0, 0.05) is 86.3 Å². The summed E-state index contributed by atoms with van der Waals surface area (Å²) in [4.78, 5) is 16.6. The SMILES string of the molecule is COCC#Cc1ccc2c(c1)[C@@H](N)C1(CCN(c3ncc(-c4cn(C)c5ncccc45)c4nccn34)CC1)C2. The van der Waals surface area contributed by atoms with E-state index in [9.17, 15) is 0 Å². The number of hydrogen-bond donors (Lipinski definition) is 1. The Morgan fingerprint density at radius 1 is 1.08 bits per heavy atom. The summed E-state index contributed by atoms with van der Waals surface area (Å²) < 4.78 is 9.24. The van der Waals surface area contributed by atoms with Gasteiger partial charge < -0.3 is 19.9 Å². The number of hydrogen-bond acceptors (Lipinski definition) is 6. The van der Waals surface area contributed by atoms with Crippen molar-refractivity contribution in [3.05, 3.63) is 78.0 Å². The van der Waals surface area contributed by atoms with E-state index in [1.165, 1.54) is 11.1 Å². The second-order valence-corrected chi connectivity index (χ2v) is 10.8. The number of anilines is 1. The van der Waals surface area contributed by atoms with Crippen LogP contribution in [0.15, 0.2) is 61.3 Å². The minimum atomic E-state index is 0.0161. The molecule has 2 aliphatic rings. The van der Waals surface area contributed by atoms with Gasteiger partial charge in [-0.25, -0.2) is 15.0 Å². The van der Waals surface area contributed by atoms with Crippen LogP contribution >= 0.6 is 0 Å². The number of nitrogens with two attached hydrogens (primary N) is 1. The molecule has 1 saturated heterocycles. The van der Waals surface area contributed by atoms with Crippen LogP contribution in [0.1, 0.15) is 35.6 Å². The lowest BCUT2D eigenvalue weighted by Crippen LogP contribution is -2.45. The highest BCUT2D eigenvalue weighted by molar-refractivity contribution is 5.97. The van der Waals surface area contributed by atoms with Crippen molar-refractivity contribution in [2.75, 3.05) is 31.7 Å². The van der Waals surface area contributed by atoms with E-state index in [1.807, 2.05) is 37.9 Å². The normalized spacial score (nSPS) is 18.0. The zero-order valence-corrected chi connectivity index (χ0v) is 22.3. The number of aromatic nitrogens is 5. The lowest BCUT2D eigenvalue weighted by atomic mass is 9.73. The summed E-state index contributed by atoms with van der Waals surface area (Å²) in [6.45, 7) is 2.24. The molecule has 0 unspecified atom stereocenters. The Morgan fingerprint density at radius 2 is 1.92 bits per heavy atom. The van der Waals surface area contributed by atoms with Crippen molar-refractivity contribution in [3.63, 3.8) is 0 Å². The average molecular weight is 518 g/mol. The molecule has 0 saturated carbocycles. The molecule has 5 heterocycles. The van der Waals surface area contributed by atoms with Crippen molar-refractivity contribution < 1.29 is 4.74 Å². The summed E-state index contributed by atoms with van der Waals surface area (Å²) in [5, 5.41) is 1.10. The summed E-state index contributed by atoms with van der Waals surface area (Å²) in [5.74, 6) is 7.18. The third-order valence-corrected chi connectivity index (χ3v) is 8.60. The molecule has 5 aromatic rings. The fourth-order valence-corrected chi connectivity index (χ4v) is 6.55. The molecular formula is C31H31N7O. The van der Waals surface area contributed by atoms with Gasteiger partial charge in [-0.2, -0.15) is 0 Å².